The van der Waals surface area contributed by atoms with Crippen molar-refractivity contribution >= 4 is 22.6 Å². The van der Waals surface area contributed by atoms with E-state index in [-0.39, 0.29) is 12.4 Å². The van der Waals surface area contributed by atoms with Gasteiger partial charge in [0.25, 0.3) is 0 Å². The van der Waals surface area contributed by atoms with Crippen LogP contribution in [0.4, 0.5) is 5.69 Å². The van der Waals surface area contributed by atoms with Crippen LogP contribution in [0.2, 0.25) is 0 Å². The van der Waals surface area contributed by atoms with E-state index in [0.29, 0.717) is 6.61 Å². The Hall–Kier alpha value is -2.01. The third-order valence-electron chi connectivity index (χ3n) is 3.27. The normalized spacial score (nSPS) is 10.8. The number of methoxy groups -OCH3 is 2. The molecule has 0 unspecified atom stereocenters. The van der Waals surface area contributed by atoms with Gasteiger partial charge in [-0.15, -0.1) is 0 Å². The second-order valence-electron chi connectivity index (χ2n) is 4.61. The van der Waals surface area contributed by atoms with Crippen LogP contribution in [-0.4, -0.2) is 40.4 Å². The maximum absolute atomic E-state index is 11.3. The second kappa shape index (κ2) is 6.43. The zero-order valence-electron chi connectivity index (χ0n) is 12.0. The second-order valence-corrected chi connectivity index (χ2v) is 4.61. The van der Waals surface area contributed by atoms with Crippen molar-refractivity contribution in [1.82, 2.24) is 0 Å². The van der Waals surface area contributed by atoms with Crippen molar-refractivity contribution in [2.75, 3.05) is 39.3 Å². The van der Waals surface area contributed by atoms with Crippen LogP contribution in [0, 0.1) is 0 Å². The molecule has 0 amide bonds. The Balaban J connectivity index is 2.21. The molecule has 20 heavy (non-hydrogen) atoms. The highest BCUT2D eigenvalue weighted by Gasteiger charge is 2.12. The van der Waals surface area contributed by atoms with Gasteiger partial charge in [0.2, 0.25) is 0 Å². The van der Waals surface area contributed by atoms with E-state index < -0.39 is 0 Å². The maximum atomic E-state index is 11.3. The van der Waals surface area contributed by atoms with Crippen LogP contribution in [0.1, 0.15) is 5.56 Å². The fourth-order valence-electron chi connectivity index (χ4n) is 2.03. The van der Waals surface area contributed by atoms with Crippen LogP contribution in [-0.2, 0) is 20.7 Å². The molecule has 1 heterocycles. The van der Waals surface area contributed by atoms with Crippen LogP contribution in [0.5, 0.6) is 0 Å². The fraction of sp³-hybridized carbons (Fsp3) is 0.400. The largest absolute Gasteiger partial charge is 0.469 e. The van der Waals surface area contributed by atoms with E-state index in [9.17, 15) is 4.79 Å². The molecule has 0 aliphatic heterocycles. The molecular weight excluding hydrogens is 258 g/mol. The summed E-state index contributed by atoms with van der Waals surface area (Å²) in [5.74, 6) is -0.269. The minimum atomic E-state index is -0.269. The summed E-state index contributed by atoms with van der Waals surface area (Å²) in [7, 11) is 5.06. The van der Waals surface area contributed by atoms with Crippen molar-refractivity contribution in [3.8, 4) is 0 Å². The van der Waals surface area contributed by atoms with Crippen molar-refractivity contribution in [2.24, 2.45) is 0 Å². The molecule has 0 spiro atoms. The SMILES string of the molecule is COCCN(C)c1ccc2c(CC(=O)OC)coc2c1. The highest BCUT2D eigenvalue weighted by atomic mass is 16.5. The molecule has 5 heteroatoms. The lowest BCUT2D eigenvalue weighted by Gasteiger charge is -2.18. The number of carbonyl (C=O) groups is 1. The van der Waals surface area contributed by atoms with Crippen LogP contribution in [0.3, 0.4) is 0 Å². The summed E-state index contributed by atoms with van der Waals surface area (Å²) >= 11 is 0. The third kappa shape index (κ3) is 3.11. The Kier molecular flexibility index (Phi) is 4.63. The molecule has 0 atom stereocenters. The lowest BCUT2D eigenvalue weighted by molar-refractivity contribution is -0.139. The van der Waals surface area contributed by atoms with E-state index in [1.807, 2.05) is 25.2 Å². The summed E-state index contributed by atoms with van der Waals surface area (Å²) in [6.45, 7) is 1.47. The molecule has 0 bridgehead atoms. The molecular formula is C15H19NO4. The zero-order valence-corrected chi connectivity index (χ0v) is 12.0. The van der Waals surface area contributed by atoms with Crippen molar-refractivity contribution in [1.29, 1.82) is 0 Å². The number of ether oxygens (including phenoxy) is 2. The first-order valence-electron chi connectivity index (χ1n) is 6.42. The van der Waals surface area contributed by atoms with Crippen molar-refractivity contribution < 1.29 is 18.7 Å². The zero-order chi connectivity index (χ0) is 14.5. The van der Waals surface area contributed by atoms with Gasteiger partial charge in [0.15, 0.2) is 0 Å². The van der Waals surface area contributed by atoms with Crippen LogP contribution in [0.25, 0.3) is 11.0 Å². The molecule has 0 aliphatic carbocycles. The molecule has 1 aromatic heterocycles. The molecule has 2 rings (SSSR count). The predicted molar refractivity (Wildman–Crippen MR) is 77.1 cm³/mol. The van der Waals surface area contributed by atoms with Crippen LogP contribution < -0.4 is 4.90 Å². The average Bonchev–Trinajstić information content (AvgIpc) is 2.86. The maximum Gasteiger partial charge on any atom is 0.310 e. The fourth-order valence-corrected chi connectivity index (χ4v) is 2.03. The Bertz CT molecular complexity index is 591. The third-order valence-corrected chi connectivity index (χ3v) is 3.27. The lowest BCUT2D eigenvalue weighted by Crippen LogP contribution is -2.21. The van der Waals surface area contributed by atoms with Crippen molar-refractivity contribution in [3.05, 3.63) is 30.0 Å². The van der Waals surface area contributed by atoms with Crippen molar-refractivity contribution in [3.63, 3.8) is 0 Å². The highest BCUT2D eigenvalue weighted by Crippen LogP contribution is 2.26. The lowest BCUT2D eigenvalue weighted by atomic mass is 10.1. The first-order valence-corrected chi connectivity index (χ1v) is 6.42. The number of esters is 1. The number of likely N-dealkylation sites (N-methyl/N-ethyl adjacent to an activating group) is 1. The molecule has 1 aromatic carbocycles. The molecule has 0 aliphatic rings. The van der Waals surface area contributed by atoms with Gasteiger partial charge in [-0.2, -0.15) is 0 Å². The van der Waals surface area contributed by atoms with Gasteiger partial charge in [-0.05, 0) is 12.1 Å². The van der Waals surface area contributed by atoms with E-state index >= 15 is 0 Å². The Morgan fingerprint density at radius 2 is 2.15 bits per heavy atom. The van der Waals surface area contributed by atoms with Gasteiger partial charge in [0, 0.05) is 43.4 Å². The molecule has 5 nitrogen and oxygen atoms in total. The first-order chi connectivity index (χ1) is 9.65. The Morgan fingerprint density at radius 1 is 1.35 bits per heavy atom. The van der Waals surface area contributed by atoms with E-state index in [0.717, 1.165) is 28.8 Å². The van der Waals surface area contributed by atoms with Gasteiger partial charge in [0.05, 0.1) is 26.4 Å². The number of hydrogen-bond donors (Lipinski definition) is 0. The van der Waals surface area contributed by atoms with E-state index in [1.54, 1.807) is 13.4 Å². The topological polar surface area (TPSA) is 51.9 Å². The van der Waals surface area contributed by atoms with Crippen LogP contribution in [0.15, 0.2) is 28.9 Å². The first kappa shape index (κ1) is 14.4. The summed E-state index contributed by atoms with van der Waals surface area (Å²) < 4.78 is 15.3. The summed E-state index contributed by atoms with van der Waals surface area (Å²) in [4.78, 5) is 13.4. The quantitative estimate of drug-likeness (QED) is 0.758. The highest BCUT2D eigenvalue weighted by molar-refractivity contribution is 5.87. The number of carbonyl (C=O) groups excluding carboxylic acids is 1. The summed E-state index contributed by atoms with van der Waals surface area (Å²) in [6.07, 6.45) is 1.84. The van der Waals surface area contributed by atoms with Crippen LogP contribution >= 0.6 is 0 Å². The predicted octanol–water partition coefficient (Wildman–Crippen LogP) is 2.23. The Labute approximate surface area is 118 Å². The minimum Gasteiger partial charge on any atom is -0.469 e. The average molecular weight is 277 g/mol. The Morgan fingerprint density at radius 3 is 2.85 bits per heavy atom. The molecule has 0 radical (unpaired) electrons. The number of furan rings is 1. The number of rotatable bonds is 6. The number of anilines is 1. The number of nitrogens with zero attached hydrogens (tertiary/aromatic N) is 1. The summed E-state index contributed by atoms with van der Waals surface area (Å²) in [5, 5.41) is 0.944. The van der Waals surface area contributed by atoms with E-state index in [1.165, 1.54) is 7.11 Å². The number of hydrogen-bond acceptors (Lipinski definition) is 5. The van der Waals surface area contributed by atoms with Gasteiger partial charge in [-0.25, -0.2) is 0 Å². The molecule has 2 aromatic rings. The number of benzene rings is 1. The van der Waals surface area contributed by atoms with Gasteiger partial charge < -0.3 is 18.8 Å². The number of fused-ring (bicyclic) bond motifs is 1. The molecule has 0 fully saturated rings. The van der Waals surface area contributed by atoms with Gasteiger partial charge in [-0.3, -0.25) is 4.79 Å². The monoisotopic (exact) mass is 277 g/mol. The standard InChI is InChI=1S/C15H19NO4/c1-16(6-7-18-2)12-4-5-13-11(8-15(17)19-3)10-20-14(13)9-12/h4-5,9-10H,6-8H2,1-3H3. The minimum absolute atomic E-state index is 0.225. The van der Waals surface area contributed by atoms with Gasteiger partial charge in [0.1, 0.15) is 5.58 Å². The smallest absolute Gasteiger partial charge is 0.310 e. The summed E-state index contributed by atoms with van der Waals surface area (Å²) in [6, 6.07) is 5.94. The molecule has 0 saturated heterocycles. The van der Waals surface area contributed by atoms with Gasteiger partial charge >= 0.3 is 5.97 Å². The molecule has 0 N–H and O–H groups in total. The van der Waals surface area contributed by atoms with E-state index in [4.69, 9.17) is 9.15 Å². The van der Waals surface area contributed by atoms with Crippen molar-refractivity contribution in [2.45, 2.75) is 6.42 Å². The van der Waals surface area contributed by atoms with Gasteiger partial charge in [-0.1, -0.05) is 0 Å². The molecule has 108 valence electrons. The summed E-state index contributed by atoms with van der Waals surface area (Å²) in [5.41, 5.74) is 2.66. The van der Waals surface area contributed by atoms with E-state index in [2.05, 4.69) is 9.64 Å². The molecule has 0 saturated carbocycles.